The quantitative estimate of drug-likeness (QED) is 0.395. The molecule has 0 unspecified atom stereocenters. The Hall–Kier alpha value is -3.00. The fourth-order valence-corrected chi connectivity index (χ4v) is 2.82. The zero-order chi connectivity index (χ0) is 19.8. The number of hydrogen-bond acceptors (Lipinski definition) is 5. The van der Waals surface area contributed by atoms with Gasteiger partial charge in [0, 0.05) is 18.1 Å². The molecule has 0 fully saturated rings. The normalized spacial score (nSPS) is 11.5. The van der Waals surface area contributed by atoms with Gasteiger partial charge in [-0.1, -0.05) is 17.7 Å². The largest absolute Gasteiger partial charge is 0.497 e. The molecule has 9 heteroatoms. The number of methoxy groups -OCH3 is 1. The van der Waals surface area contributed by atoms with Gasteiger partial charge in [0.15, 0.2) is 11.7 Å². The Balaban J connectivity index is 1.55. The second-order valence-electron chi connectivity index (χ2n) is 5.91. The molecule has 0 saturated heterocycles. The van der Waals surface area contributed by atoms with E-state index >= 15 is 0 Å². The Morgan fingerprint density at radius 2 is 2.21 bits per heavy atom. The summed E-state index contributed by atoms with van der Waals surface area (Å²) in [6, 6.07) is 9.30. The van der Waals surface area contributed by atoms with E-state index < -0.39 is 0 Å². The third-order valence-electron chi connectivity index (χ3n) is 3.95. The van der Waals surface area contributed by atoms with Crippen molar-refractivity contribution in [2.45, 2.75) is 19.9 Å². The summed E-state index contributed by atoms with van der Waals surface area (Å²) in [5.41, 5.74) is 1.05. The van der Waals surface area contributed by atoms with Crippen LogP contribution < -0.4 is 15.4 Å². The van der Waals surface area contributed by atoms with Crippen molar-refractivity contribution >= 4 is 17.6 Å². The highest BCUT2D eigenvalue weighted by atomic mass is 35.5. The lowest BCUT2D eigenvalue weighted by molar-refractivity contribution is 0.414. The number of guanidine groups is 1. The van der Waals surface area contributed by atoms with E-state index in [0.717, 1.165) is 24.3 Å². The van der Waals surface area contributed by atoms with E-state index in [0.29, 0.717) is 41.5 Å². The Morgan fingerprint density at radius 3 is 2.93 bits per heavy atom. The Bertz CT molecular complexity index is 907. The average Bonchev–Trinajstić information content (AvgIpc) is 3.39. The van der Waals surface area contributed by atoms with Gasteiger partial charge >= 0.3 is 0 Å². The van der Waals surface area contributed by atoms with E-state index in [4.69, 9.17) is 20.8 Å². The van der Waals surface area contributed by atoms with Crippen LogP contribution in [0.3, 0.4) is 0 Å². The monoisotopic (exact) mass is 402 g/mol. The van der Waals surface area contributed by atoms with Crippen molar-refractivity contribution in [1.82, 2.24) is 25.8 Å². The molecule has 3 aromatic rings. The Labute approximate surface area is 168 Å². The van der Waals surface area contributed by atoms with Crippen LogP contribution in [0, 0.1) is 0 Å². The molecule has 148 valence electrons. The van der Waals surface area contributed by atoms with E-state index in [1.165, 1.54) is 0 Å². The first-order valence-corrected chi connectivity index (χ1v) is 9.37. The molecule has 0 atom stereocenters. The number of aliphatic imine (C=N–C) groups is 1. The number of hydrogen-bond donors (Lipinski definition) is 3. The number of H-pyrrole nitrogens is 1. The first kappa shape index (κ1) is 19.8. The van der Waals surface area contributed by atoms with E-state index in [1.807, 2.05) is 31.2 Å². The van der Waals surface area contributed by atoms with Crippen molar-refractivity contribution in [2.24, 2.45) is 4.99 Å². The van der Waals surface area contributed by atoms with Gasteiger partial charge in [-0.15, -0.1) is 5.10 Å². The zero-order valence-electron chi connectivity index (χ0n) is 15.8. The zero-order valence-corrected chi connectivity index (χ0v) is 16.6. The van der Waals surface area contributed by atoms with E-state index in [1.54, 1.807) is 19.4 Å². The summed E-state index contributed by atoms with van der Waals surface area (Å²) in [7, 11) is 1.62. The lowest BCUT2D eigenvalue weighted by atomic mass is 10.1. The van der Waals surface area contributed by atoms with Gasteiger partial charge in [0.1, 0.15) is 18.1 Å². The van der Waals surface area contributed by atoms with Crippen molar-refractivity contribution in [3.8, 4) is 17.3 Å². The van der Waals surface area contributed by atoms with Gasteiger partial charge in [-0.05, 0) is 43.2 Å². The number of aromatic nitrogens is 3. The molecule has 0 aliphatic heterocycles. The minimum absolute atomic E-state index is 0.367. The number of nitrogens with one attached hydrogen (secondary N) is 3. The molecule has 1 aromatic carbocycles. The molecule has 0 radical (unpaired) electrons. The molecule has 2 heterocycles. The second kappa shape index (κ2) is 9.80. The summed E-state index contributed by atoms with van der Waals surface area (Å²) in [4.78, 5) is 8.92. The van der Waals surface area contributed by atoms with Crippen LogP contribution in [0.25, 0.3) is 11.6 Å². The predicted molar refractivity (Wildman–Crippen MR) is 109 cm³/mol. The fourth-order valence-electron chi connectivity index (χ4n) is 2.55. The van der Waals surface area contributed by atoms with Crippen molar-refractivity contribution in [1.29, 1.82) is 0 Å². The maximum absolute atomic E-state index is 6.29. The minimum Gasteiger partial charge on any atom is -0.497 e. The van der Waals surface area contributed by atoms with Gasteiger partial charge < -0.3 is 19.8 Å². The van der Waals surface area contributed by atoms with Crippen LogP contribution in [-0.4, -0.2) is 41.3 Å². The highest BCUT2D eigenvalue weighted by Gasteiger charge is 2.08. The summed E-state index contributed by atoms with van der Waals surface area (Å²) in [6.07, 6.45) is 2.35. The van der Waals surface area contributed by atoms with E-state index in [2.05, 4.69) is 30.8 Å². The summed E-state index contributed by atoms with van der Waals surface area (Å²) in [5, 5.41) is 14.2. The molecule has 8 nitrogen and oxygen atoms in total. The van der Waals surface area contributed by atoms with Crippen molar-refractivity contribution < 1.29 is 9.15 Å². The molecule has 28 heavy (non-hydrogen) atoms. The van der Waals surface area contributed by atoms with Gasteiger partial charge in [-0.25, -0.2) is 9.98 Å². The van der Waals surface area contributed by atoms with Gasteiger partial charge in [0.05, 0.1) is 13.4 Å². The summed E-state index contributed by atoms with van der Waals surface area (Å²) in [5.74, 6) is 3.23. The summed E-state index contributed by atoms with van der Waals surface area (Å²) in [6.45, 7) is 3.82. The lowest BCUT2D eigenvalue weighted by Gasteiger charge is -2.12. The molecule has 0 spiro atoms. The lowest BCUT2D eigenvalue weighted by Crippen LogP contribution is -2.38. The van der Waals surface area contributed by atoms with Crippen LogP contribution in [0.15, 0.2) is 46.0 Å². The highest BCUT2D eigenvalue weighted by molar-refractivity contribution is 6.31. The first-order chi connectivity index (χ1) is 13.7. The summed E-state index contributed by atoms with van der Waals surface area (Å²) < 4.78 is 10.5. The van der Waals surface area contributed by atoms with E-state index in [-0.39, 0.29) is 0 Å². The van der Waals surface area contributed by atoms with Crippen LogP contribution in [0.5, 0.6) is 5.75 Å². The standard InChI is InChI=1S/C19H23ClN6O2/c1-3-21-19(22-9-8-13-6-7-14(27-2)11-15(13)20)23-12-17-24-18(26-25-17)16-5-4-10-28-16/h4-7,10-11H,3,8-9,12H2,1-2H3,(H2,21,22,23)(H,24,25,26). The molecule has 3 N–H and O–H groups in total. The number of nitrogens with zero attached hydrogens (tertiary/aromatic N) is 3. The third kappa shape index (κ3) is 5.26. The fraction of sp³-hybridized carbons (Fsp3) is 0.316. The van der Waals surface area contributed by atoms with Crippen molar-refractivity contribution in [3.05, 3.63) is 53.0 Å². The molecular weight excluding hydrogens is 380 g/mol. The van der Waals surface area contributed by atoms with Gasteiger partial charge in [0.2, 0.25) is 5.82 Å². The molecule has 0 aliphatic carbocycles. The van der Waals surface area contributed by atoms with Gasteiger partial charge in [-0.3, -0.25) is 5.10 Å². The molecule has 0 saturated carbocycles. The van der Waals surface area contributed by atoms with E-state index in [9.17, 15) is 0 Å². The molecule has 0 bridgehead atoms. The van der Waals surface area contributed by atoms with Crippen LogP contribution in [-0.2, 0) is 13.0 Å². The number of furan rings is 1. The van der Waals surface area contributed by atoms with Crippen molar-refractivity contribution in [2.75, 3.05) is 20.2 Å². The molecule has 0 amide bonds. The second-order valence-corrected chi connectivity index (χ2v) is 6.32. The maximum atomic E-state index is 6.29. The number of halogens is 1. The SMILES string of the molecule is CCNC(=NCc1nc(-c2ccco2)n[nH]1)NCCc1ccc(OC)cc1Cl. The van der Waals surface area contributed by atoms with Gasteiger partial charge in [-0.2, -0.15) is 0 Å². The van der Waals surface area contributed by atoms with Crippen LogP contribution in [0.4, 0.5) is 0 Å². The molecule has 0 aliphatic rings. The topological polar surface area (TPSA) is 100 Å². The minimum atomic E-state index is 0.367. The van der Waals surface area contributed by atoms with Crippen LogP contribution >= 0.6 is 11.6 Å². The molecular formula is C19H23ClN6O2. The average molecular weight is 403 g/mol. The highest BCUT2D eigenvalue weighted by Crippen LogP contribution is 2.22. The molecule has 2 aromatic heterocycles. The summed E-state index contributed by atoms with van der Waals surface area (Å²) >= 11 is 6.29. The Morgan fingerprint density at radius 1 is 1.32 bits per heavy atom. The smallest absolute Gasteiger partial charge is 0.216 e. The maximum Gasteiger partial charge on any atom is 0.216 e. The Kier molecular flexibility index (Phi) is 6.91. The molecule has 3 rings (SSSR count). The van der Waals surface area contributed by atoms with Gasteiger partial charge in [0.25, 0.3) is 0 Å². The third-order valence-corrected chi connectivity index (χ3v) is 4.30. The number of rotatable bonds is 8. The van der Waals surface area contributed by atoms with Crippen LogP contribution in [0.2, 0.25) is 5.02 Å². The predicted octanol–water partition coefficient (Wildman–Crippen LogP) is 3.02. The number of aromatic amines is 1. The van der Waals surface area contributed by atoms with Crippen LogP contribution in [0.1, 0.15) is 18.3 Å². The number of benzene rings is 1. The first-order valence-electron chi connectivity index (χ1n) is 8.99. The van der Waals surface area contributed by atoms with Crippen molar-refractivity contribution in [3.63, 3.8) is 0 Å². The number of ether oxygens (including phenoxy) is 1.